The van der Waals surface area contributed by atoms with E-state index in [1.165, 1.54) is 38.5 Å². The van der Waals surface area contributed by atoms with Crippen molar-refractivity contribution in [3.8, 4) is 0 Å². The van der Waals surface area contributed by atoms with Crippen molar-refractivity contribution in [2.75, 3.05) is 13.6 Å². The van der Waals surface area contributed by atoms with Crippen LogP contribution >= 0.6 is 0 Å². The Bertz CT molecular complexity index is 232. The van der Waals surface area contributed by atoms with Crippen LogP contribution in [0.3, 0.4) is 0 Å². The van der Waals surface area contributed by atoms with Gasteiger partial charge in [0, 0.05) is 5.54 Å². The van der Waals surface area contributed by atoms with Gasteiger partial charge in [-0.2, -0.15) is 0 Å². The fourth-order valence-corrected chi connectivity index (χ4v) is 2.69. The first-order valence-corrected chi connectivity index (χ1v) is 6.99. The average Bonchev–Trinajstić information content (AvgIpc) is 2.27. The van der Waals surface area contributed by atoms with Crippen molar-refractivity contribution < 1.29 is 4.79 Å². The lowest BCUT2D eigenvalue weighted by molar-refractivity contribution is -0.121. The lowest BCUT2D eigenvalue weighted by Gasteiger charge is -2.30. The van der Waals surface area contributed by atoms with E-state index in [9.17, 15) is 4.79 Å². The molecule has 2 N–H and O–H groups in total. The van der Waals surface area contributed by atoms with Crippen molar-refractivity contribution in [1.82, 2.24) is 10.6 Å². The maximum atomic E-state index is 11.5. The lowest BCUT2D eigenvalue weighted by Crippen LogP contribution is -2.46. The van der Waals surface area contributed by atoms with Gasteiger partial charge in [-0.15, -0.1) is 0 Å². The summed E-state index contributed by atoms with van der Waals surface area (Å²) < 4.78 is 0. The van der Waals surface area contributed by atoms with E-state index in [0.29, 0.717) is 6.54 Å². The molecular weight excluding hydrogens is 212 g/mol. The number of rotatable bonds is 6. The molecular formula is C14H28N2O. The van der Waals surface area contributed by atoms with Gasteiger partial charge >= 0.3 is 0 Å². The van der Waals surface area contributed by atoms with E-state index in [4.69, 9.17) is 0 Å². The summed E-state index contributed by atoms with van der Waals surface area (Å²) in [6.45, 7) is 4.67. The van der Waals surface area contributed by atoms with Gasteiger partial charge in [-0.1, -0.05) is 32.1 Å². The van der Waals surface area contributed by atoms with Gasteiger partial charge in [0.25, 0.3) is 0 Å². The molecule has 1 rings (SSSR count). The molecule has 0 aromatic carbocycles. The maximum absolute atomic E-state index is 11.5. The molecule has 1 saturated carbocycles. The zero-order valence-electron chi connectivity index (χ0n) is 11.6. The minimum atomic E-state index is -0.0641. The van der Waals surface area contributed by atoms with Crippen LogP contribution in [0, 0.1) is 5.92 Å². The van der Waals surface area contributed by atoms with Crippen molar-refractivity contribution in [2.24, 2.45) is 5.92 Å². The third-order valence-electron chi connectivity index (χ3n) is 3.72. The summed E-state index contributed by atoms with van der Waals surface area (Å²) in [5, 5.41) is 5.98. The highest BCUT2D eigenvalue weighted by Crippen LogP contribution is 2.29. The predicted molar refractivity (Wildman–Crippen MR) is 72.0 cm³/mol. The fraction of sp³-hybridized carbons (Fsp3) is 0.929. The van der Waals surface area contributed by atoms with Gasteiger partial charge in [0.05, 0.1) is 6.54 Å². The van der Waals surface area contributed by atoms with Crippen molar-refractivity contribution in [2.45, 2.75) is 64.3 Å². The molecule has 1 aliphatic rings. The van der Waals surface area contributed by atoms with Gasteiger partial charge in [0.2, 0.25) is 5.91 Å². The third-order valence-corrected chi connectivity index (χ3v) is 3.72. The molecule has 1 aliphatic carbocycles. The Kier molecular flexibility index (Phi) is 5.96. The summed E-state index contributed by atoms with van der Waals surface area (Å²) in [7, 11) is 1.80. The molecule has 0 unspecified atom stereocenters. The second-order valence-electron chi connectivity index (χ2n) is 6.01. The molecule has 0 heterocycles. The molecule has 0 atom stereocenters. The number of nitrogens with one attached hydrogen (secondary N) is 2. The van der Waals surface area contributed by atoms with Crippen LogP contribution in [0.4, 0.5) is 0 Å². The summed E-state index contributed by atoms with van der Waals surface area (Å²) in [6, 6.07) is 0. The molecule has 0 aromatic rings. The zero-order chi connectivity index (χ0) is 12.7. The van der Waals surface area contributed by atoms with E-state index >= 15 is 0 Å². The third kappa shape index (κ3) is 6.06. The van der Waals surface area contributed by atoms with Gasteiger partial charge in [0.15, 0.2) is 0 Å². The fourth-order valence-electron chi connectivity index (χ4n) is 2.69. The topological polar surface area (TPSA) is 41.1 Å². The van der Waals surface area contributed by atoms with Crippen LogP contribution in [0.5, 0.6) is 0 Å². The SMILES string of the molecule is CNCC(=O)NC(C)(C)CCC1CCCCC1. The number of carbonyl (C=O) groups excluding carboxylic acids is 1. The highest BCUT2D eigenvalue weighted by atomic mass is 16.2. The molecule has 17 heavy (non-hydrogen) atoms. The van der Waals surface area contributed by atoms with Crippen LogP contribution in [0.1, 0.15) is 58.8 Å². The van der Waals surface area contributed by atoms with Crippen LogP contribution in [-0.2, 0) is 4.79 Å². The first-order valence-electron chi connectivity index (χ1n) is 6.99. The Balaban J connectivity index is 2.25. The van der Waals surface area contributed by atoms with E-state index in [1.54, 1.807) is 7.05 Å². The average molecular weight is 240 g/mol. The normalized spacial score (nSPS) is 18.1. The molecule has 0 aliphatic heterocycles. The minimum Gasteiger partial charge on any atom is -0.350 e. The van der Waals surface area contributed by atoms with Crippen LogP contribution in [-0.4, -0.2) is 25.0 Å². The van der Waals surface area contributed by atoms with E-state index in [0.717, 1.165) is 12.3 Å². The maximum Gasteiger partial charge on any atom is 0.234 e. The van der Waals surface area contributed by atoms with Gasteiger partial charge in [0.1, 0.15) is 0 Å². The largest absolute Gasteiger partial charge is 0.350 e. The molecule has 0 bridgehead atoms. The molecule has 100 valence electrons. The zero-order valence-corrected chi connectivity index (χ0v) is 11.6. The number of hydrogen-bond donors (Lipinski definition) is 2. The molecule has 0 saturated heterocycles. The van der Waals surface area contributed by atoms with Crippen LogP contribution in [0.15, 0.2) is 0 Å². The standard InChI is InChI=1S/C14H28N2O/c1-14(2,16-13(17)11-15-3)10-9-12-7-5-4-6-8-12/h12,15H,4-11H2,1-3H3,(H,16,17). The first-order chi connectivity index (χ1) is 8.03. The van der Waals surface area contributed by atoms with Gasteiger partial charge in [-0.3, -0.25) is 4.79 Å². The van der Waals surface area contributed by atoms with Crippen molar-refractivity contribution in [1.29, 1.82) is 0 Å². The Hall–Kier alpha value is -0.570. The van der Waals surface area contributed by atoms with Crippen molar-refractivity contribution in [3.05, 3.63) is 0 Å². The van der Waals surface area contributed by atoms with Gasteiger partial charge in [-0.25, -0.2) is 0 Å². The smallest absolute Gasteiger partial charge is 0.234 e. The summed E-state index contributed by atoms with van der Waals surface area (Å²) in [5.41, 5.74) is -0.0641. The van der Waals surface area contributed by atoms with Gasteiger partial charge < -0.3 is 10.6 Å². The summed E-state index contributed by atoms with van der Waals surface area (Å²) in [4.78, 5) is 11.5. The van der Waals surface area contributed by atoms with E-state index < -0.39 is 0 Å². The minimum absolute atomic E-state index is 0.0641. The molecule has 1 fully saturated rings. The van der Waals surface area contributed by atoms with Crippen molar-refractivity contribution >= 4 is 5.91 Å². The second kappa shape index (κ2) is 7.00. The summed E-state index contributed by atoms with van der Waals surface area (Å²) in [6.07, 6.45) is 9.34. The van der Waals surface area contributed by atoms with E-state index in [1.807, 2.05) is 0 Å². The Morgan fingerprint density at radius 1 is 1.24 bits per heavy atom. The quantitative estimate of drug-likeness (QED) is 0.749. The predicted octanol–water partition coefficient (Wildman–Crippen LogP) is 2.46. The molecule has 0 radical (unpaired) electrons. The number of carbonyl (C=O) groups is 1. The Morgan fingerprint density at radius 3 is 2.47 bits per heavy atom. The Labute approximate surface area is 106 Å². The van der Waals surface area contributed by atoms with Crippen LogP contribution in [0.2, 0.25) is 0 Å². The summed E-state index contributed by atoms with van der Waals surface area (Å²) in [5.74, 6) is 0.991. The van der Waals surface area contributed by atoms with E-state index in [-0.39, 0.29) is 11.4 Å². The number of likely N-dealkylation sites (N-methyl/N-ethyl adjacent to an activating group) is 1. The van der Waals surface area contributed by atoms with Crippen molar-refractivity contribution in [3.63, 3.8) is 0 Å². The first kappa shape index (κ1) is 14.5. The van der Waals surface area contributed by atoms with Gasteiger partial charge in [-0.05, 0) is 39.7 Å². The highest BCUT2D eigenvalue weighted by molar-refractivity contribution is 5.78. The molecule has 3 nitrogen and oxygen atoms in total. The van der Waals surface area contributed by atoms with Crippen LogP contribution in [0.25, 0.3) is 0 Å². The molecule has 0 aromatic heterocycles. The number of amides is 1. The molecule has 1 amide bonds. The van der Waals surface area contributed by atoms with E-state index in [2.05, 4.69) is 24.5 Å². The molecule has 3 heteroatoms. The second-order valence-corrected chi connectivity index (χ2v) is 6.01. The highest BCUT2D eigenvalue weighted by Gasteiger charge is 2.22. The molecule has 0 spiro atoms. The lowest BCUT2D eigenvalue weighted by atomic mass is 9.83. The number of hydrogen-bond acceptors (Lipinski definition) is 2. The van der Waals surface area contributed by atoms with Crippen LogP contribution < -0.4 is 10.6 Å². The Morgan fingerprint density at radius 2 is 1.88 bits per heavy atom. The summed E-state index contributed by atoms with van der Waals surface area (Å²) >= 11 is 0. The monoisotopic (exact) mass is 240 g/mol.